The van der Waals surface area contributed by atoms with Crippen molar-refractivity contribution in [1.82, 2.24) is 9.78 Å². The molecule has 0 fully saturated rings. The van der Waals surface area contributed by atoms with Crippen LogP contribution in [0.2, 0.25) is 0 Å². The van der Waals surface area contributed by atoms with E-state index in [1.54, 1.807) is 10.9 Å². The highest BCUT2D eigenvalue weighted by Crippen LogP contribution is 2.20. The summed E-state index contributed by atoms with van der Waals surface area (Å²) in [4.78, 5) is 0. The lowest BCUT2D eigenvalue weighted by Crippen LogP contribution is -1.97. The summed E-state index contributed by atoms with van der Waals surface area (Å²) in [5.74, 6) is 0.797. The molecule has 18 heavy (non-hydrogen) atoms. The highest BCUT2D eigenvalue weighted by atomic mass is 16.5. The maximum Gasteiger partial charge on any atom is 0.119 e. The molecule has 1 aromatic carbocycles. The van der Waals surface area contributed by atoms with Crippen molar-refractivity contribution in [3.8, 4) is 5.75 Å². The highest BCUT2D eigenvalue weighted by Gasteiger charge is 2.04. The van der Waals surface area contributed by atoms with Crippen LogP contribution in [0.5, 0.6) is 5.75 Å². The number of ether oxygens (including phenoxy) is 1. The number of aryl methyl sites for hydroxylation is 1. The van der Waals surface area contributed by atoms with Gasteiger partial charge in [0.25, 0.3) is 0 Å². The van der Waals surface area contributed by atoms with Gasteiger partial charge in [0.15, 0.2) is 0 Å². The first-order valence-corrected chi connectivity index (χ1v) is 6.07. The number of rotatable bonds is 5. The molecule has 0 saturated carbocycles. The molecule has 4 nitrogen and oxygen atoms in total. The zero-order valence-corrected chi connectivity index (χ0v) is 10.7. The largest absolute Gasteiger partial charge is 0.489 e. The Morgan fingerprint density at radius 3 is 2.61 bits per heavy atom. The van der Waals surface area contributed by atoms with Gasteiger partial charge in [0.2, 0.25) is 0 Å². The summed E-state index contributed by atoms with van der Waals surface area (Å²) in [7, 11) is 1.88. The predicted molar refractivity (Wildman–Crippen MR) is 69.2 cm³/mol. The first kappa shape index (κ1) is 12.6. The number of hydrogen-bond donors (Lipinski definition) is 1. The van der Waals surface area contributed by atoms with E-state index < -0.39 is 6.10 Å². The minimum atomic E-state index is -0.391. The van der Waals surface area contributed by atoms with Crippen LogP contribution in [-0.4, -0.2) is 14.9 Å². The summed E-state index contributed by atoms with van der Waals surface area (Å²) in [6, 6.07) is 7.55. The van der Waals surface area contributed by atoms with Crippen molar-refractivity contribution in [1.29, 1.82) is 0 Å². The minimum absolute atomic E-state index is 0.391. The minimum Gasteiger partial charge on any atom is -0.489 e. The zero-order valence-electron chi connectivity index (χ0n) is 10.7. The lowest BCUT2D eigenvalue weighted by molar-refractivity contribution is 0.173. The second kappa shape index (κ2) is 5.69. The Balaban J connectivity index is 1.94. The first-order chi connectivity index (χ1) is 8.69. The van der Waals surface area contributed by atoms with E-state index >= 15 is 0 Å². The molecule has 0 radical (unpaired) electrons. The average molecular weight is 246 g/mol. The molecule has 0 aliphatic carbocycles. The summed E-state index contributed by atoms with van der Waals surface area (Å²) >= 11 is 0. The summed E-state index contributed by atoms with van der Waals surface area (Å²) in [6.07, 6.45) is 4.04. The smallest absolute Gasteiger partial charge is 0.119 e. The number of benzene rings is 1. The molecule has 0 aliphatic heterocycles. The maximum absolute atomic E-state index is 9.68. The van der Waals surface area contributed by atoms with Gasteiger partial charge in [-0.1, -0.05) is 19.1 Å². The molecule has 0 spiro atoms. The van der Waals surface area contributed by atoms with Crippen molar-refractivity contribution in [2.45, 2.75) is 26.1 Å². The Kier molecular flexibility index (Phi) is 3.99. The van der Waals surface area contributed by atoms with Crippen LogP contribution in [0.25, 0.3) is 0 Å². The van der Waals surface area contributed by atoms with Crippen molar-refractivity contribution < 1.29 is 9.84 Å². The van der Waals surface area contributed by atoms with Gasteiger partial charge in [0.05, 0.1) is 12.3 Å². The Morgan fingerprint density at radius 2 is 2.06 bits per heavy atom. The van der Waals surface area contributed by atoms with Crippen LogP contribution in [0, 0.1) is 0 Å². The molecule has 2 aromatic rings. The Hall–Kier alpha value is -1.81. The van der Waals surface area contributed by atoms with Crippen molar-refractivity contribution in [3.05, 3.63) is 47.8 Å². The SMILES string of the molecule is CCC(O)c1ccc(OCc2cnn(C)c2)cc1. The molecule has 1 N–H and O–H groups in total. The van der Waals surface area contributed by atoms with E-state index in [2.05, 4.69) is 5.10 Å². The van der Waals surface area contributed by atoms with Crippen LogP contribution >= 0.6 is 0 Å². The Labute approximate surface area is 107 Å². The monoisotopic (exact) mass is 246 g/mol. The molecule has 96 valence electrons. The quantitative estimate of drug-likeness (QED) is 0.881. The van der Waals surface area contributed by atoms with Gasteiger partial charge < -0.3 is 9.84 Å². The molecule has 1 aromatic heterocycles. The third-order valence-corrected chi connectivity index (χ3v) is 2.82. The third kappa shape index (κ3) is 3.11. The molecule has 1 atom stereocenters. The van der Waals surface area contributed by atoms with Crippen LogP contribution in [0.3, 0.4) is 0 Å². The molecule has 0 amide bonds. The zero-order chi connectivity index (χ0) is 13.0. The van der Waals surface area contributed by atoms with Crippen molar-refractivity contribution in [3.63, 3.8) is 0 Å². The number of nitrogens with zero attached hydrogens (tertiary/aromatic N) is 2. The number of hydrogen-bond acceptors (Lipinski definition) is 3. The normalized spacial score (nSPS) is 12.4. The lowest BCUT2D eigenvalue weighted by Gasteiger charge is -2.09. The van der Waals surface area contributed by atoms with Gasteiger partial charge in [0, 0.05) is 18.8 Å². The molecular weight excluding hydrogens is 228 g/mol. The molecule has 1 heterocycles. The fraction of sp³-hybridized carbons (Fsp3) is 0.357. The topological polar surface area (TPSA) is 47.3 Å². The van der Waals surface area contributed by atoms with Gasteiger partial charge in [-0.05, 0) is 24.1 Å². The van der Waals surface area contributed by atoms with Crippen LogP contribution < -0.4 is 4.74 Å². The molecule has 2 rings (SSSR count). The third-order valence-electron chi connectivity index (χ3n) is 2.82. The van der Waals surface area contributed by atoms with Gasteiger partial charge in [0.1, 0.15) is 12.4 Å². The molecular formula is C14H18N2O2. The van der Waals surface area contributed by atoms with E-state index in [0.717, 1.165) is 23.3 Å². The van der Waals surface area contributed by atoms with Gasteiger partial charge in [-0.25, -0.2) is 0 Å². The maximum atomic E-state index is 9.68. The molecule has 1 unspecified atom stereocenters. The summed E-state index contributed by atoms with van der Waals surface area (Å²) < 4.78 is 7.39. The van der Waals surface area contributed by atoms with E-state index in [1.807, 2.05) is 44.4 Å². The van der Waals surface area contributed by atoms with E-state index in [4.69, 9.17) is 4.74 Å². The fourth-order valence-corrected chi connectivity index (χ4v) is 1.73. The first-order valence-electron chi connectivity index (χ1n) is 6.07. The van der Waals surface area contributed by atoms with Crippen LogP contribution in [0.1, 0.15) is 30.6 Å². The van der Waals surface area contributed by atoms with E-state index in [0.29, 0.717) is 6.61 Å². The van der Waals surface area contributed by atoms with Crippen molar-refractivity contribution >= 4 is 0 Å². The van der Waals surface area contributed by atoms with Crippen molar-refractivity contribution in [2.24, 2.45) is 7.05 Å². The number of aromatic nitrogens is 2. The second-order valence-corrected chi connectivity index (χ2v) is 4.30. The standard InChI is InChI=1S/C14H18N2O2/c1-3-14(17)12-4-6-13(7-5-12)18-10-11-8-15-16(2)9-11/h4-9,14,17H,3,10H2,1-2H3. The number of aliphatic hydroxyl groups excluding tert-OH is 1. The van der Waals surface area contributed by atoms with Gasteiger partial charge >= 0.3 is 0 Å². The molecule has 0 bridgehead atoms. The molecule has 0 aliphatic rings. The van der Waals surface area contributed by atoms with Gasteiger partial charge in [-0.2, -0.15) is 5.10 Å². The second-order valence-electron chi connectivity index (χ2n) is 4.30. The summed E-state index contributed by atoms with van der Waals surface area (Å²) in [5.41, 5.74) is 1.96. The lowest BCUT2D eigenvalue weighted by atomic mass is 10.1. The van der Waals surface area contributed by atoms with Crippen LogP contribution in [-0.2, 0) is 13.7 Å². The van der Waals surface area contributed by atoms with E-state index in [-0.39, 0.29) is 0 Å². The molecule has 4 heteroatoms. The van der Waals surface area contributed by atoms with Gasteiger partial charge in [-0.15, -0.1) is 0 Å². The molecule has 0 saturated heterocycles. The highest BCUT2D eigenvalue weighted by molar-refractivity contribution is 5.28. The van der Waals surface area contributed by atoms with Crippen molar-refractivity contribution in [2.75, 3.05) is 0 Å². The van der Waals surface area contributed by atoms with E-state index in [9.17, 15) is 5.11 Å². The Bertz CT molecular complexity index is 491. The van der Waals surface area contributed by atoms with E-state index in [1.165, 1.54) is 0 Å². The summed E-state index contributed by atoms with van der Waals surface area (Å²) in [5, 5.41) is 13.8. The predicted octanol–water partition coefficient (Wildman–Crippen LogP) is 2.44. The number of aliphatic hydroxyl groups is 1. The van der Waals surface area contributed by atoms with Crippen LogP contribution in [0.4, 0.5) is 0 Å². The summed E-state index contributed by atoms with van der Waals surface area (Å²) in [6.45, 7) is 2.46. The fourth-order valence-electron chi connectivity index (χ4n) is 1.73. The Morgan fingerprint density at radius 1 is 1.33 bits per heavy atom. The average Bonchev–Trinajstić information content (AvgIpc) is 2.82. The van der Waals surface area contributed by atoms with Gasteiger partial charge in [-0.3, -0.25) is 4.68 Å². The van der Waals surface area contributed by atoms with Crippen LogP contribution in [0.15, 0.2) is 36.7 Å².